The van der Waals surface area contributed by atoms with Crippen LogP contribution >= 0.6 is 11.6 Å². The predicted molar refractivity (Wildman–Crippen MR) is 366 cm³/mol. The zero-order valence-electron chi connectivity index (χ0n) is 60.6. The maximum absolute atomic E-state index is 15.5. The summed E-state index contributed by atoms with van der Waals surface area (Å²) in [5.74, 6) is -9.04. The number of alkyl halides is 3. The molecular weight excluding hydrogens is 1310 g/mol. The van der Waals surface area contributed by atoms with Gasteiger partial charge in [0.15, 0.2) is 0 Å². The smallest absolute Gasteiger partial charge is 0.343 e. The van der Waals surface area contributed by atoms with Gasteiger partial charge in [0.2, 0.25) is 70.9 Å². The predicted octanol–water partition coefficient (Wildman–Crippen LogP) is 5.89. The standard InChI is InChI=1S/C71H110ClF3N12O12/c1-14-45(5)60-67(97)81(9)42-58(90)79(7)43-59(91)83(11)54(39-47-25-18-16-19-26-47)65(95)80(8)41-56(88)76-51(31-29-48-28-30-49(50(72)38-48)71(73,74)75)64(94)87-36-24-27-52(87)63(93)78-70(32-20-21-33-70)69(99)85(13)61(46(6)15-2)68(98)84(12)55(66(96)86-34-22-17-23-35-86)40-57(89)82(10)53(37-44(3)4)62(92)77-60/h28,30,38,44-47,51-55,60-61H,14-27,29,31-37,39-43H2,1-13H3,(H,76,88)(H,77,92)(H,78,93)/t45-,46-,51-,52-,53-,54-,55-,60-,61-/m0/s1. The van der Waals surface area contributed by atoms with Crippen molar-refractivity contribution in [2.75, 3.05) is 88.6 Å². The third-order valence-corrected chi connectivity index (χ3v) is 21.7. The number of benzene rings is 1. The number of nitrogens with one attached hydrogen (secondary N) is 3. The van der Waals surface area contributed by atoms with Gasteiger partial charge in [-0.15, -0.1) is 0 Å². The number of rotatable bonds is 12. The molecule has 12 amide bonds. The van der Waals surface area contributed by atoms with Gasteiger partial charge in [-0.2, -0.15) is 13.2 Å². The Kier molecular flexibility index (Phi) is 29.4. The van der Waals surface area contributed by atoms with E-state index < -0.39 is 173 Å². The van der Waals surface area contributed by atoms with Crippen LogP contribution in [0.15, 0.2) is 18.2 Å². The summed E-state index contributed by atoms with van der Waals surface area (Å²) in [5, 5.41) is 8.12. The molecule has 2 aliphatic carbocycles. The fourth-order valence-electron chi connectivity index (χ4n) is 14.7. The highest BCUT2D eigenvalue weighted by molar-refractivity contribution is 6.31. The van der Waals surface area contributed by atoms with Crippen LogP contribution in [-0.2, 0) is 70.1 Å². The van der Waals surface area contributed by atoms with Crippen LogP contribution in [0.3, 0.4) is 0 Å². The van der Waals surface area contributed by atoms with Crippen molar-refractivity contribution in [2.45, 2.75) is 230 Å². The molecule has 0 radical (unpaired) electrons. The molecule has 3 N–H and O–H groups in total. The van der Waals surface area contributed by atoms with Crippen molar-refractivity contribution >= 4 is 82.5 Å². The molecule has 2 saturated carbocycles. The van der Waals surface area contributed by atoms with E-state index >= 15 is 24.0 Å². The molecule has 1 aromatic rings. The second kappa shape index (κ2) is 36.0. The number of likely N-dealkylation sites (N-methyl/N-ethyl adjacent to an activating group) is 7. The van der Waals surface area contributed by atoms with E-state index in [1.807, 2.05) is 27.7 Å². The topological polar surface area (TPSA) is 270 Å². The van der Waals surface area contributed by atoms with Crippen molar-refractivity contribution in [1.82, 2.24) is 60.0 Å². The van der Waals surface area contributed by atoms with Crippen molar-refractivity contribution in [3.8, 4) is 0 Å². The third-order valence-electron chi connectivity index (χ3n) is 21.4. The SMILES string of the molecule is CC[C@H](C)[C@@H]1NC(=O)[C@H](CC(C)C)N(C)C(=O)C[C@@H](C(=O)N2CCCCC2)N(C)C(=O)[C@H]([C@@H](C)CC)N(C)C(=O)C2(CCCC2)NC(=O)[C@@H]2CCCN2C(=O)[C@H](CCc2ccc(C(F)(F)F)c(Cl)c2)NC(=O)CN(C)C(=O)[C@H](CC2CCCCC2)N(C)C(=O)CN(C)C(=O)CN(C)C1=O. The number of likely N-dealkylation sites (tertiary alicyclic amines) is 1. The Morgan fingerprint density at radius 3 is 1.81 bits per heavy atom. The molecule has 3 saturated heterocycles. The molecule has 554 valence electrons. The average molecular weight is 1420 g/mol. The molecule has 99 heavy (non-hydrogen) atoms. The van der Waals surface area contributed by atoms with Gasteiger partial charge in [0.1, 0.15) is 47.8 Å². The van der Waals surface area contributed by atoms with Gasteiger partial charge in [-0.3, -0.25) is 57.5 Å². The summed E-state index contributed by atoms with van der Waals surface area (Å²) >= 11 is 6.15. The highest BCUT2D eigenvalue weighted by Gasteiger charge is 2.51. The van der Waals surface area contributed by atoms with E-state index in [4.69, 9.17) is 11.6 Å². The molecule has 0 unspecified atom stereocenters. The number of fused-ring (bicyclic) bond motifs is 1. The van der Waals surface area contributed by atoms with Gasteiger partial charge in [-0.05, 0) is 112 Å². The molecule has 24 nitrogen and oxygen atoms in total. The largest absolute Gasteiger partial charge is 0.417 e. The Balaban J connectivity index is 1.43. The van der Waals surface area contributed by atoms with Crippen LogP contribution in [0.5, 0.6) is 0 Å². The Bertz CT molecular complexity index is 3070. The minimum Gasteiger partial charge on any atom is -0.343 e. The third kappa shape index (κ3) is 20.6. The maximum Gasteiger partial charge on any atom is 0.417 e. The van der Waals surface area contributed by atoms with Crippen molar-refractivity contribution in [2.24, 2.45) is 23.7 Å². The first-order valence-electron chi connectivity index (χ1n) is 35.7. The monoisotopic (exact) mass is 1410 g/mol. The van der Waals surface area contributed by atoms with E-state index in [2.05, 4.69) is 16.0 Å². The summed E-state index contributed by atoms with van der Waals surface area (Å²) in [6.07, 6.45) is 3.86. The number of hydrogen-bond donors (Lipinski definition) is 3. The summed E-state index contributed by atoms with van der Waals surface area (Å²) in [6.45, 7) is 10.0. The van der Waals surface area contributed by atoms with Gasteiger partial charge in [0.05, 0.1) is 36.6 Å². The normalized spacial score (nSPS) is 26.3. The molecule has 0 aromatic heterocycles. The van der Waals surface area contributed by atoms with Gasteiger partial charge in [-0.25, -0.2) is 0 Å². The van der Waals surface area contributed by atoms with E-state index in [-0.39, 0.29) is 63.3 Å². The van der Waals surface area contributed by atoms with Crippen LogP contribution < -0.4 is 16.0 Å². The second-order valence-corrected chi connectivity index (χ2v) is 29.6. The molecule has 5 fully saturated rings. The van der Waals surface area contributed by atoms with E-state index in [9.17, 15) is 46.7 Å². The van der Waals surface area contributed by atoms with E-state index in [0.29, 0.717) is 63.6 Å². The van der Waals surface area contributed by atoms with E-state index in [1.165, 1.54) is 79.9 Å². The fraction of sp³-hybridized carbons (Fsp3) is 0.746. The lowest BCUT2D eigenvalue weighted by atomic mass is 9.84. The van der Waals surface area contributed by atoms with Crippen LogP contribution in [0.4, 0.5) is 13.2 Å². The molecule has 3 heterocycles. The molecule has 28 heteroatoms. The van der Waals surface area contributed by atoms with Crippen molar-refractivity contribution in [3.05, 3.63) is 34.3 Å². The lowest BCUT2D eigenvalue weighted by Gasteiger charge is -2.42. The molecule has 0 bridgehead atoms. The summed E-state index contributed by atoms with van der Waals surface area (Å²) in [4.78, 5) is 190. The Hall–Kier alpha value is -7.06. The molecule has 6 rings (SSSR count). The Labute approximate surface area is 587 Å². The van der Waals surface area contributed by atoms with Crippen LogP contribution in [0, 0.1) is 23.7 Å². The number of hydrogen-bond acceptors (Lipinski definition) is 12. The van der Waals surface area contributed by atoms with Gasteiger partial charge in [0.25, 0.3) is 0 Å². The van der Waals surface area contributed by atoms with Gasteiger partial charge in [-0.1, -0.05) is 117 Å². The Morgan fingerprint density at radius 2 is 1.21 bits per heavy atom. The number of halogens is 4. The van der Waals surface area contributed by atoms with Crippen LogP contribution in [0.1, 0.15) is 181 Å². The molecule has 1 aromatic carbocycles. The van der Waals surface area contributed by atoms with Crippen LogP contribution in [-0.4, -0.2) is 251 Å². The summed E-state index contributed by atoms with van der Waals surface area (Å²) in [5.41, 5.74) is -2.36. The first-order chi connectivity index (χ1) is 46.6. The lowest BCUT2D eigenvalue weighted by Crippen LogP contribution is -2.65. The van der Waals surface area contributed by atoms with E-state index in [1.54, 1.807) is 18.7 Å². The first-order valence-corrected chi connectivity index (χ1v) is 36.1. The van der Waals surface area contributed by atoms with E-state index in [0.717, 1.165) is 65.4 Å². The zero-order chi connectivity index (χ0) is 73.5. The van der Waals surface area contributed by atoms with Crippen molar-refractivity contribution in [3.63, 3.8) is 0 Å². The summed E-state index contributed by atoms with van der Waals surface area (Å²) in [6, 6.07) is -5.65. The summed E-state index contributed by atoms with van der Waals surface area (Å²) in [7, 11) is 9.89. The average Bonchev–Trinajstić information content (AvgIpc) is 1.77. The van der Waals surface area contributed by atoms with Gasteiger partial charge >= 0.3 is 6.18 Å². The minimum atomic E-state index is -4.76. The molecule has 3 aliphatic heterocycles. The number of piperidine rings is 1. The fourth-order valence-corrected chi connectivity index (χ4v) is 15.0. The molecule has 1 spiro atoms. The summed E-state index contributed by atoms with van der Waals surface area (Å²) < 4.78 is 41.6. The lowest BCUT2D eigenvalue weighted by molar-refractivity contribution is -0.156. The number of carbonyl (C=O) groups excluding carboxylic acids is 12. The highest BCUT2D eigenvalue weighted by Crippen LogP contribution is 2.37. The quantitative estimate of drug-likeness (QED) is 0.221. The van der Waals surface area contributed by atoms with Gasteiger partial charge < -0.3 is 60.0 Å². The maximum atomic E-state index is 15.5. The molecular formula is C71H110ClF3N12O12. The van der Waals surface area contributed by atoms with Crippen molar-refractivity contribution in [1.29, 1.82) is 0 Å². The van der Waals surface area contributed by atoms with Crippen LogP contribution in [0.2, 0.25) is 5.02 Å². The Morgan fingerprint density at radius 1 is 0.616 bits per heavy atom. The molecule has 9 atom stereocenters. The van der Waals surface area contributed by atoms with Crippen molar-refractivity contribution < 1.29 is 70.7 Å². The van der Waals surface area contributed by atoms with Crippen LogP contribution in [0.25, 0.3) is 0 Å². The van der Waals surface area contributed by atoms with Gasteiger partial charge in [0, 0.05) is 69.0 Å². The molecule has 5 aliphatic rings. The minimum absolute atomic E-state index is 0.0182. The number of nitrogens with zero attached hydrogens (tertiary/aromatic N) is 9. The number of aryl methyl sites for hydroxylation is 1. The second-order valence-electron chi connectivity index (χ2n) is 29.2. The number of amides is 12. The zero-order valence-corrected chi connectivity index (χ0v) is 61.4. The first kappa shape index (κ1) is 80.9. The highest BCUT2D eigenvalue weighted by atomic mass is 35.5. The number of carbonyl (C=O) groups is 12.